The van der Waals surface area contributed by atoms with Gasteiger partial charge >= 0.3 is 0 Å². The highest BCUT2D eigenvalue weighted by atomic mass is 16.3. The summed E-state index contributed by atoms with van der Waals surface area (Å²) in [5.74, 6) is 0.565. The van der Waals surface area contributed by atoms with Crippen LogP contribution in [0.4, 0.5) is 0 Å². The molecule has 0 radical (unpaired) electrons. The van der Waals surface area contributed by atoms with Gasteiger partial charge in [0.2, 0.25) is 0 Å². The Bertz CT molecular complexity index is 174. The van der Waals surface area contributed by atoms with Gasteiger partial charge in [-0.25, -0.2) is 0 Å². The summed E-state index contributed by atoms with van der Waals surface area (Å²) in [7, 11) is 0. The minimum atomic E-state index is -0.143. The van der Waals surface area contributed by atoms with Gasteiger partial charge in [-0.3, -0.25) is 0 Å². The summed E-state index contributed by atoms with van der Waals surface area (Å²) >= 11 is 0. The molecule has 0 spiro atoms. The topological polar surface area (TPSA) is 20.2 Å². The van der Waals surface area contributed by atoms with Crippen LogP contribution in [-0.2, 0) is 0 Å². The van der Waals surface area contributed by atoms with E-state index in [4.69, 9.17) is 0 Å². The number of aliphatic hydroxyl groups excluding tert-OH is 1. The zero-order chi connectivity index (χ0) is 7.19. The minimum absolute atomic E-state index is 0.143. The van der Waals surface area contributed by atoms with Crippen LogP contribution < -0.4 is 0 Å². The van der Waals surface area contributed by atoms with Gasteiger partial charge in [-0.15, -0.1) is 0 Å². The summed E-state index contributed by atoms with van der Waals surface area (Å²) in [4.78, 5) is 0. The van der Waals surface area contributed by atoms with Crippen LogP contribution >= 0.6 is 0 Å². The second kappa shape index (κ2) is 1.85. The summed E-state index contributed by atoms with van der Waals surface area (Å²) in [6.07, 6.45) is 7.71. The molecule has 0 saturated heterocycles. The van der Waals surface area contributed by atoms with Crippen LogP contribution in [0.1, 0.15) is 26.2 Å². The fourth-order valence-electron chi connectivity index (χ4n) is 2.25. The molecule has 0 aromatic rings. The van der Waals surface area contributed by atoms with Crippen LogP contribution in [0.5, 0.6) is 0 Å². The molecule has 2 aliphatic carbocycles. The van der Waals surface area contributed by atoms with Crippen molar-refractivity contribution < 1.29 is 5.11 Å². The van der Waals surface area contributed by atoms with Crippen molar-refractivity contribution in [3.63, 3.8) is 0 Å². The monoisotopic (exact) mass is 138 g/mol. The quantitative estimate of drug-likeness (QED) is 0.505. The van der Waals surface area contributed by atoms with E-state index < -0.39 is 0 Å². The van der Waals surface area contributed by atoms with Crippen molar-refractivity contribution in [1.29, 1.82) is 0 Å². The lowest BCUT2D eigenvalue weighted by Gasteiger charge is -2.25. The molecule has 56 valence electrons. The number of allylic oxidation sites excluding steroid dienone is 1. The molecule has 3 atom stereocenters. The van der Waals surface area contributed by atoms with Gasteiger partial charge in [0.25, 0.3) is 0 Å². The Labute approximate surface area is 61.8 Å². The highest BCUT2D eigenvalue weighted by Gasteiger charge is 2.38. The highest BCUT2D eigenvalue weighted by molar-refractivity contribution is 5.11. The van der Waals surface area contributed by atoms with E-state index in [9.17, 15) is 5.11 Å². The van der Waals surface area contributed by atoms with E-state index in [0.29, 0.717) is 11.3 Å². The molecule has 2 rings (SSSR count). The largest absolute Gasteiger partial charge is 0.389 e. The Morgan fingerprint density at radius 2 is 2.40 bits per heavy atom. The second-order valence-electron chi connectivity index (χ2n) is 4.01. The van der Waals surface area contributed by atoms with Gasteiger partial charge in [0.1, 0.15) is 0 Å². The fourth-order valence-corrected chi connectivity index (χ4v) is 2.25. The molecule has 1 heteroatoms. The number of rotatable bonds is 0. The lowest BCUT2D eigenvalue weighted by Crippen LogP contribution is -2.22. The van der Waals surface area contributed by atoms with E-state index in [1.807, 2.05) is 6.08 Å². The third kappa shape index (κ3) is 0.807. The average molecular weight is 138 g/mol. The minimum Gasteiger partial charge on any atom is -0.389 e. The molecule has 1 N–H and O–H groups in total. The van der Waals surface area contributed by atoms with Gasteiger partial charge in [0, 0.05) is 0 Å². The first-order chi connectivity index (χ1) is 4.70. The second-order valence-corrected chi connectivity index (χ2v) is 4.01. The van der Waals surface area contributed by atoms with Crippen LogP contribution in [0, 0.1) is 11.3 Å². The van der Waals surface area contributed by atoms with Gasteiger partial charge in [-0.05, 0) is 30.6 Å². The van der Waals surface area contributed by atoms with Crippen LogP contribution in [0.2, 0.25) is 0 Å². The maximum Gasteiger partial charge on any atom is 0.0749 e. The summed E-state index contributed by atoms with van der Waals surface area (Å²) in [6.45, 7) is 2.29. The van der Waals surface area contributed by atoms with Gasteiger partial charge in [0.15, 0.2) is 0 Å². The maximum atomic E-state index is 9.42. The molecule has 1 nitrogen and oxygen atoms in total. The first-order valence-corrected chi connectivity index (χ1v) is 4.07. The molecule has 2 aliphatic rings. The zero-order valence-electron chi connectivity index (χ0n) is 6.38. The molecule has 0 aliphatic heterocycles. The van der Waals surface area contributed by atoms with E-state index in [2.05, 4.69) is 13.0 Å². The third-order valence-electron chi connectivity index (χ3n) is 2.99. The first kappa shape index (κ1) is 6.41. The predicted octanol–water partition coefficient (Wildman–Crippen LogP) is 1.72. The summed E-state index contributed by atoms with van der Waals surface area (Å²) in [6, 6.07) is 0. The van der Waals surface area contributed by atoms with Gasteiger partial charge < -0.3 is 5.11 Å². The van der Waals surface area contributed by atoms with E-state index in [0.717, 1.165) is 0 Å². The molecule has 0 aromatic heterocycles. The Balaban J connectivity index is 2.27. The molecule has 0 amide bonds. The summed E-state index contributed by atoms with van der Waals surface area (Å²) < 4.78 is 0. The Hall–Kier alpha value is -0.300. The molecular weight excluding hydrogens is 124 g/mol. The van der Waals surface area contributed by atoms with Crippen molar-refractivity contribution in [1.82, 2.24) is 0 Å². The lowest BCUT2D eigenvalue weighted by molar-refractivity contribution is 0.141. The number of fused-ring (bicyclic) bond motifs is 2. The van der Waals surface area contributed by atoms with Crippen molar-refractivity contribution in [2.24, 2.45) is 11.3 Å². The van der Waals surface area contributed by atoms with Crippen molar-refractivity contribution in [3.05, 3.63) is 12.2 Å². The zero-order valence-corrected chi connectivity index (χ0v) is 6.38. The van der Waals surface area contributed by atoms with Gasteiger partial charge in [0.05, 0.1) is 6.10 Å². The smallest absolute Gasteiger partial charge is 0.0749 e. The van der Waals surface area contributed by atoms with Gasteiger partial charge in [-0.2, -0.15) is 0 Å². The Morgan fingerprint density at radius 1 is 1.60 bits per heavy atom. The van der Waals surface area contributed by atoms with Crippen LogP contribution in [0.25, 0.3) is 0 Å². The number of hydrogen-bond acceptors (Lipinski definition) is 1. The fraction of sp³-hybridized carbons (Fsp3) is 0.778. The van der Waals surface area contributed by atoms with Crippen molar-refractivity contribution in [2.75, 3.05) is 0 Å². The van der Waals surface area contributed by atoms with Gasteiger partial charge in [-0.1, -0.05) is 19.1 Å². The van der Waals surface area contributed by atoms with Crippen molar-refractivity contribution in [3.8, 4) is 0 Å². The Kier molecular flexibility index (Phi) is 1.19. The Morgan fingerprint density at radius 3 is 3.10 bits per heavy atom. The SMILES string of the molecule is CC12C=CC(O)C(CC1)C2. The first-order valence-electron chi connectivity index (χ1n) is 4.07. The van der Waals surface area contributed by atoms with Crippen molar-refractivity contribution in [2.45, 2.75) is 32.3 Å². The van der Waals surface area contributed by atoms with E-state index >= 15 is 0 Å². The standard InChI is InChI=1S/C9H14O/c1-9-4-2-7(6-9)8(10)3-5-9/h3,5,7-8,10H,2,4,6H2,1H3. The molecular formula is C9H14O. The molecule has 1 saturated carbocycles. The number of aliphatic hydroxyl groups is 1. The molecule has 0 aromatic carbocycles. The predicted molar refractivity (Wildman–Crippen MR) is 40.6 cm³/mol. The van der Waals surface area contributed by atoms with E-state index in [1.54, 1.807) is 0 Å². The molecule has 3 unspecified atom stereocenters. The normalized spacial score (nSPS) is 51.8. The van der Waals surface area contributed by atoms with Crippen LogP contribution in [-0.4, -0.2) is 11.2 Å². The summed E-state index contributed by atoms with van der Waals surface area (Å²) in [5.41, 5.74) is 0.434. The summed E-state index contributed by atoms with van der Waals surface area (Å²) in [5, 5.41) is 9.42. The van der Waals surface area contributed by atoms with Crippen molar-refractivity contribution >= 4 is 0 Å². The van der Waals surface area contributed by atoms with E-state index in [-0.39, 0.29) is 6.10 Å². The molecule has 0 heterocycles. The molecule has 1 fully saturated rings. The van der Waals surface area contributed by atoms with Crippen LogP contribution in [0.3, 0.4) is 0 Å². The maximum absolute atomic E-state index is 9.42. The lowest BCUT2D eigenvalue weighted by atomic mass is 9.82. The third-order valence-corrected chi connectivity index (χ3v) is 2.99. The molecule has 2 bridgehead atoms. The molecule has 10 heavy (non-hydrogen) atoms. The number of hydrogen-bond donors (Lipinski definition) is 1. The average Bonchev–Trinajstić information content (AvgIpc) is 2.23. The highest BCUT2D eigenvalue weighted by Crippen LogP contribution is 2.47. The van der Waals surface area contributed by atoms with E-state index in [1.165, 1.54) is 19.3 Å². The van der Waals surface area contributed by atoms with Crippen LogP contribution in [0.15, 0.2) is 12.2 Å².